The number of guanidine groups is 1. The number of halogens is 1. The van der Waals surface area contributed by atoms with Gasteiger partial charge in [0.25, 0.3) is 0 Å². The molecular weight excluding hydrogens is 481 g/mol. The van der Waals surface area contributed by atoms with Gasteiger partial charge < -0.3 is 24.8 Å². The molecule has 0 spiro atoms. The molecule has 6 nitrogen and oxygen atoms in total. The fourth-order valence-electron chi connectivity index (χ4n) is 2.89. The normalized spacial score (nSPS) is 10.7. The number of aryl methyl sites for hydroxylation is 1. The summed E-state index contributed by atoms with van der Waals surface area (Å²) in [6, 6.07) is 14.1. The van der Waals surface area contributed by atoms with Crippen LogP contribution in [0.15, 0.2) is 47.5 Å². The molecule has 0 bridgehead atoms. The second-order valence-electron chi connectivity index (χ2n) is 6.19. The van der Waals surface area contributed by atoms with Crippen LogP contribution in [0.5, 0.6) is 17.2 Å². The van der Waals surface area contributed by atoms with E-state index in [1.807, 2.05) is 37.3 Å². The van der Waals surface area contributed by atoms with Crippen molar-refractivity contribution in [1.29, 1.82) is 0 Å². The fourth-order valence-corrected chi connectivity index (χ4v) is 2.89. The van der Waals surface area contributed by atoms with Crippen molar-refractivity contribution in [2.45, 2.75) is 26.3 Å². The van der Waals surface area contributed by atoms with Crippen molar-refractivity contribution in [2.24, 2.45) is 4.99 Å². The molecule has 0 radical (unpaired) electrons. The zero-order valence-corrected chi connectivity index (χ0v) is 20.0. The number of nitrogens with zero attached hydrogens (tertiary/aromatic N) is 1. The molecule has 0 saturated carbocycles. The Kier molecular flexibility index (Phi) is 11.9. The van der Waals surface area contributed by atoms with Crippen LogP contribution in [0.2, 0.25) is 0 Å². The highest BCUT2D eigenvalue weighted by Gasteiger charge is 2.06. The van der Waals surface area contributed by atoms with Crippen LogP contribution in [-0.2, 0) is 13.0 Å². The summed E-state index contributed by atoms with van der Waals surface area (Å²) in [5, 5.41) is 6.67. The Morgan fingerprint density at radius 1 is 0.966 bits per heavy atom. The SMILES string of the molecule is CCOc1cc(CCCNC(=NC)NCc2ccccc2OC)ccc1OC.I. The molecule has 160 valence electrons. The van der Waals surface area contributed by atoms with Gasteiger partial charge >= 0.3 is 0 Å². The van der Waals surface area contributed by atoms with Gasteiger partial charge in [-0.05, 0) is 43.5 Å². The molecule has 0 aliphatic heterocycles. The Balaban J connectivity index is 0.00000420. The zero-order chi connectivity index (χ0) is 20.2. The molecular formula is C22H32IN3O3. The number of aliphatic imine (C=N–C) groups is 1. The second kappa shape index (κ2) is 13.9. The lowest BCUT2D eigenvalue weighted by molar-refractivity contribution is 0.310. The van der Waals surface area contributed by atoms with Gasteiger partial charge in [0.05, 0.1) is 20.8 Å². The second-order valence-corrected chi connectivity index (χ2v) is 6.19. The minimum absolute atomic E-state index is 0. The van der Waals surface area contributed by atoms with E-state index < -0.39 is 0 Å². The van der Waals surface area contributed by atoms with E-state index in [0.29, 0.717) is 13.2 Å². The summed E-state index contributed by atoms with van der Waals surface area (Å²) in [6.45, 7) is 4.07. The van der Waals surface area contributed by atoms with Crippen molar-refractivity contribution >= 4 is 29.9 Å². The minimum Gasteiger partial charge on any atom is -0.496 e. The summed E-state index contributed by atoms with van der Waals surface area (Å²) in [5.41, 5.74) is 2.32. The highest BCUT2D eigenvalue weighted by molar-refractivity contribution is 14.0. The third kappa shape index (κ3) is 8.00. The van der Waals surface area contributed by atoms with Gasteiger partial charge in [-0.3, -0.25) is 4.99 Å². The average molecular weight is 513 g/mol. The van der Waals surface area contributed by atoms with Gasteiger partial charge in [0.2, 0.25) is 0 Å². The molecule has 0 heterocycles. The first-order valence-corrected chi connectivity index (χ1v) is 9.58. The van der Waals surface area contributed by atoms with Gasteiger partial charge in [0.1, 0.15) is 5.75 Å². The lowest BCUT2D eigenvalue weighted by Crippen LogP contribution is -2.37. The standard InChI is InChI=1S/C22H31N3O3.HI/c1-5-28-21-15-17(12-13-20(21)27-4)9-8-14-24-22(23-2)25-16-18-10-6-7-11-19(18)26-3;/h6-7,10-13,15H,5,8-9,14,16H2,1-4H3,(H2,23,24,25);1H. The molecule has 2 aromatic rings. The molecule has 0 aliphatic carbocycles. The lowest BCUT2D eigenvalue weighted by Gasteiger charge is -2.14. The van der Waals surface area contributed by atoms with E-state index in [1.165, 1.54) is 5.56 Å². The summed E-state index contributed by atoms with van der Waals surface area (Å²) in [5.74, 6) is 3.21. The number of hydrogen-bond acceptors (Lipinski definition) is 4. The van der Waals surface area contributed by atoms with Crippen molar-refractivity contribution in [2.75, 3.05) is 34.4 Å². The van der Waals surface area contributed by atoms with E-state index in [1.54, 1.807) is 21.3 Å². The third-order valence-electron chi connectivity index (χ3n) is 4.32. The number of para-hydroxylation sites is 1. The Bertz CT molecular complexity index is 769. The van der Waals surface area contributed by atoms with Crippen molar-refractivity contribution in [3.8, 4) is 17.2 Å². The number of methoxy groups -OCH3 is 2. The average Bonchev–Trinajstić information content (AvgIpc) is 2.74. The first kappa shape index (κ1) is 24.9. The van der Waals surface area contributed by atoms with Crippen LogP contribution in [-0.4, -0.2) is 40.4 Å². The highest BCUT2D eigenvalue weighted by Crippen LogP contribution is 2.28. The largest absolute Gasteiger partial charge is 0.496 e. The monoisotopic (exact) mass is 513 g/mol. The van der Waals surface area contributed by atoms with Gasteiger partial charge in [-0.1, -0.05) is 24.3 Å². The van der Waals surface area contributed by atoms with E-state index in [9.17, 15) is 0 Å². The number of benzene rings is 2. The van der Waals surface area contributed by atoms with Gasteiger partial charge in [-0.25, -0.2) is 0 Å². The molecule has 0 amide bonds. The first-order valence-electron chi connectivity index (χ1n) is 9.58. The van der Waals surface area contributed by atoms with Crippen molar-refractivity contribution < 1.29 is 14.2 Å². The van der Waals surface area contributed by atoms with E-state index >= 15 is 0 Å². The van der Waals surface area contributed by atoms with Crippen LogP contribution in [0.3, 0.4) is 0 Å². The fraction of sp³-hybridized carbons (Fsp3) is 0.409. The summed E-state index contributed by atoms with van der Waals surface area (Å²) in [7, 11) is 5.11. The minimum atomic E-state index is 0. The Morgan fingerprint density at radius 3 is 2.41 bits per heavy atom. The summed E-state index contributed by atoms with van der Waals surface area (Å²) in [6.07, 6.45) is 1.92. The maximum absolute atomic E-state index is 5.64. The van der Waals surface area contributed by atoms with E-state index in [4.69, 9.17) is 14.2 Å². The molecule has 0 atom stereocenters. The predicted octanol–water partition coefficient (Wildman–Crippen LogP) is 4.02. The topological polar surface area (TPSA) is 64.1 Å². The first-order chi connectivity index (χ1) is 13.7. The van der Waals surface area contributed by atoms with Crippen LogP contribution < -0.4 is 24.8 Å². The van der Waals surface area contributed by atoms with Crippen LogP contribution >= 0.6 is 24.0 Å². The van der Waals surface area contributed by atoms with Crippen molar-refractivity contribution in [3.63, 3.8) is 0 Å². The lowest BCUT2D eigenvalue weighted by atomic mass is 10.1. The van der Waals surface area contributed by atoms with Gasteiger partial charge in [-0.15, -0.1) is 24.0 Å². The molecule has 2 rings (SSSR count). The summed E-state index contributed by atoms with van der Waals surface area (Å²) >= 11 is 0. The van der Waals surface area contributed by atoms with Gasteiger partial charge in [-0.2, -0.15) is 0 Å². The van der Waals surface area contributed by atoms with E-state index in [0.717, 1.165) is 48.2 Å². The molecule has 2 N–H and O–H groups in total. The highest BCUT2D eigenvalue weighted by atomic mass is 127. The molecule has 7 heteroatoms. The Morgan fingerprint density at radius 2 is 1.72 bits per heavy atom. The molecule has 0 fully saturated rings. The Hall–Kier alpha value is -2.16. The maximum Gasteiger partial charge on any atom is 0.191 e. The molecule has 0 aliphatic rings. The predicted molar refractivity (Wildman–Crippen MR) is 129 cm³/mol. The quantitative estimate of drug-likeness (QED) is 0.218. The molecule has 2 aromatic carbocycles. The summed E-state index contributed by atoms with van der Waals surface area (Å²) < 4.78 is 16.4. The summed E-state index contributed by atoms with van der Waals surface area (Å²) in [4.78, 5) is 4.28. The van der Waals surface area contributed by atoms with Crippen LogP contribution in [0.4, 0.5) is 0 Å². The van der Waals surface area contributed by atoms with Crippen LogP contribution in [0.25, 0.3) is 0 Å². The van der Waals surface area contributed by atoms with Crippen molar-refractivity contribution in [1.82, 2.24) is 10.6 Å². The zero-order valence-electron chi connectivity index (χ0n) is 17.7. The molecule has 0 saturated heterocycles. The van der Waals surface area contributed by atoms with Gasteiger partial charge in [0.15, 0.2) is 17.5 Å². The number of ether oxygens (including phenoxy) is 3. The van der Waals surface area contributed by atoms with E-state index in [-0.39, 0.29) is 24.0 Å². The maximum atomic E-state index is 5.64. The molecule has 0 unspecified atom stereocenters. The van der Waals surface area contributed by atoms with Crippen LogP contribution in [0.1, 0.15) is 24.5 Å². The third-order valence-corrected chi connectivity index (χ3v) is 4.32. The van der Waals surface area contributed by atoms with Crippen LogP contribution in [0, 0.1) is 0 Å². The van der Waals surface area contributed by atoms with E-state index in [2.05, 4.69) is 27.8 Å². The van der Waals surface area contributed by atoms with Crippen molar-refractivity contribution in [3.05, 3.63) is 53.6 Å². The Labute approximate surface area is 191 Å². The van der Waals surface area contributed by atoms with Gasteiger partial charge in [0, 0.05) is 25.7 Å². The number of hydrogen-bond donors (Lipinski definition) is 2. The number of rotatable bonds is 10. The number of nitrogens with one attached hydrogen (secondary N) is 2. The molecule has 0 aromatic heterocycles. The smallest absolute Gasteiger partial charge is 0.191 e. The molecule has 29 heavy (non-hydrogen) atoms.